The lowest BCUT2D eigenvalue weighted by atomic mass is 9.74. The molecule has 298 valence electrons. The number of rotatable bonds is 12. The molecule has 0 spiro atoms. The molecule has 3 aliphatic carbocycles. The van der Waals surface area contributed by atoms with Crippen LogP contribution in [0.3, 0.4) is 0 Å². The van der Waals surface area contributed by atoms with Crippen molar-refractivity contribution in [3.63, 3.8) is 0 Å². The highest BCUT2D eigenvalue weighted by Gasteiger charge is 2.39. The van der Waals surface area contributed by atoms with E-state index in [1.165, 1.54) is 119 Å². The summed E-state index contributed by atoms with van der Waals surface area (Å²) < 4.78 is 0. The quantitative estimate of drug-likeness (QED) is 0.140. The molecular weight excluding hydrogens is 613 g/mol. The first kappa shape index (κ1) is 51.5. The van der Waals surface area contributed by atoms with Crippen LogP contribution in [-0.2, 0) is 0 Å². The van der Waals surface area contributed by atoms with E-state index in [-0.39, 0.29) is 0 Å². The molecular formula is C51H94. The maximum absolute atomic E-state index is 4.18. The molecule has 0 heterocycles. The minimum atomic E-state index is 0.442. The second kappa shape index (κ2) is 25.5. The Balaban J connectivity index is 0. The Labute approximate surface area is 324 Å². The van der Waals surface area contributed by atoms with E-state index in [4.69, 9.17) is 0 Å². The molecule has 3 aliphatic rings. The van der Waals surface area contributed by atoms with E-state index in [0.29, 0.717) is 22.2 Å². The van der Waals surface area contributed by atoms with Crippen LogP contribution >= 0.6 is 0 Å². The maximum atomic E-state index is 4.18. The van der Waals surface area contributed by atoms with E-state index in [1.807, 2.05) is 6.92 Å². The van der Waals surface area contributed by atoms with Gasteiger partial charge in [0.25, 0.3) is 0 Å². The van der Waals surface area contributed by atoms with Gasteiger partial charge in [-0.2, -0.15) is 0 Å². The molecule has 0 nitrogen and oxygen atoms in total. The van der Waals surface area contributed by atoms with Crippen LogP contribution in [0.25, 0.3) is 0 Å². The van der Waals surface area contributed by atoms with Crippen molar-refractivity contribution in [1.29, 1.82) is 0 Å². The Hall–Kier alpha value is -1.56. The van der Waals surface area contributed by atoms with Crippen LogP contribution in [-0.4, -0.2) is 0 Å². The van der Waals surface area contributed by atoms with Gasteiger partial charge in [-0.05, 0) is 131 Å². The van der Waals surface area contributed by atoms with Crippen LogP contribution in [0.1, 0.15) is 200 Å². The molecule has 3 fully saturated rings. The molecule has 0 aromatic heterocycles. The fraction of sp³-hybridized carbons (Fsp3) is 0.765. The summed E-state index contributed by atoms with van der Waals surface area (Å²) in [7, 11) is 0. The third-order valence-corrected chi connectivity index (χ3v) is 12.2. The van der Waals surface area contributed by atoms with E-state index in [0.717, 1.165) is 35.2 Å². The molecule has 0 saturated heterocycles. The minimum Gasteiger partial charge on any atom is -0.103 e. The molecule has 0 aromatic carbocycles. The minimum absolute atomic E-state index is 0.442. The maximum Gasteiger partial charge on any atom is -0.0174 e. The monoisotopic (exact) mass is 707 g/mol. The van der Waals surface area contributed by atoms with E-state index in [1.54, 1.807) is 0 Å². The standard InChI is InChI=1S/C16H28.C11H18.C10H18.C8H18.C6H12/c1-11(2)8-13-9-14(16(5,6)7)10-15(13)12(3)4;1-8(2)10(4)9(3)7-11-5-6-11;1-3-7-10(2)8-5-4-6-9-10;1-6-7(2)8(3,4)5;1-4-5-6(2)3/h13-15H,1,3,8-10H2,2,4-7H3;9,11H,1,4-7H2,2-3H3;3H,1,4-9H2,2H3;7H,6H2,1-5H3;2,4-5H2,1,3H3. The number of hydrogen-bond donors (Lipinski definition) is 0. The highest BCUT2D eigenvalue weighted by Crippen LogP contribution is 2.49. The summed E-state index contributed by atoms with van der Waals surface area (Å²) in [5, 5.41) is 0. The first-order valence-corrected chi connectivity index (χ1v) is 21.2. The number of hydrogen-bond acceptors (Lipinski definition) is 0. The third-order valence-electron chi connectivity index (χ3n) is 12.2. The Morgan fingerprint density at radius 1 is 0.804 bits per heavy atom. The van der Waals surface area contributed by atoms with Crippen LogP contribution in [0.4, 0.5) is 0 Å². The van der Waals surface area contributed by atoms with E-state index < -0.39 is 0 Å². The second-order valence-corrected chi connectivity index (χ2v) is 20.0. The van der Waals surface area contributed by atoms with Crippen LogP contribution in [0.2, 0.25) is 0 Å². The van der Waals surface area contributed by atoms with E-state index >= 15 is 0 Å². The van der Waals surface area contributed by atoms with Crippen molar-refractivity contribution in [3.8, 4) is 0 Å². The van der Waals surface area contributed by atoms with Gasteiger partial charge in [0, 0.05) is 0 Å². The van der Waals surface area contributed by atoms with Crippen LogP contribution in [0.5, 0.6) is 0 Å². The largest absolute Gasteiger partial charge is 0.103 e. The summed E-state index contributed by atoms with van der Waals surface area (Å²) in [4.78, 5) is 0. The van der Waals surface area contributed by atoms with Gasteiger partial charge in [0.1, 0.15) is 0 Å². The van der Waals surface area contributed by atoms with Gasteiger partial charge in [-0.15, -0.1) is 19.7 Å². The molecule has 0 aliphatic heterocycles. The molecule has 0 aromatic rings. The van der Waals surface area contributed by atoms with Gasteiger partial charge in [-0.1, -0.05) is 175 Å². The smallest absolute Gasteiger partial charge is 0.0174 e. The normalized spacial score (nSPS) is 22.0. The van der Waals surface area contributed by atoms with Gasteiger partial charge in [-0.25, -0.2) is 0 Å². The molecule has 0 heteroatoms. The molecule has 0 radical (unpaired) electrons. The molecule has 5 atom stereocenters. The summed E-state index contributed by atoms with van der Waals surface area (Å²) in [6, 6.07) is 0. The van der Waals surface area contributed by atoms with Gasteiger partial charge in [0.05, 0.1) is 0 Å². The lowest BCUT2D eigenvalue weighted by Gasteiger charge is -2.32. The highest BCUT2D eigenvalue weighted by molar-refractivity contribution is 5.25. The molecule has 3 saturated carbocycles. The van der Waals surface area contributed by atoms with E-state index in [2.05, 4.69) is 142 Å². The summed E-state index contributed by atoms with van der Waals surface area (Å²) >= 11 is 0. The molecule has 51 heavy (non-hydrogen) atoms. The highest BCUT2D eigenvalue weighted by atomic mass is 14.4. The van der Waals surface area contributed by atoms with Crippen LogP contribution in [0.15, 0.2) is 73.4 Å². The van der Waals surface area contributed by atoms with Gasteiger partial charge >= 0.3 is 0 Å². The summed E-state index contributed by atoms with van der Waals surface area (Å²) in [5.41, 5.74) is 7.95. The van der Waals surface area contributed by atoms with Gasteiger partial charge in [0.2, 0.25) is 0 Å². The number of allylic oxidation sites excluding steroid dienone is 6. The lowest BCUT2D eigenvalue weighted by molar-refractivity contribution is 0.219. The third kappa shape index (κ3) is 25.2. The Morgan fingerprint density at radius 3 is 1.63 bits per heavy atom. The van der Waals surface area contributed by atoms with Gasteiger partial charge in [-0.3, -0.25) is 0 Å². The van der Waals surface area contributed by atoms with E-state index in [9.17, 15) is 0 Å². The average Bonchev–Trinajstić information content (AvgIpc) is 3.71. The Morgan fingerprint density at radius 2 is 1.33 bits per heavy atom. The fourth-order valence-corrected chi connectivity index (χ4v) is 7.52. The first-order valence-electron chi connectivity index (χ1n) is 21.2. The van der Waals surface area contributed by atoms with Crippen LogP contribution in [0, 0.1) is 51.8 Å². The zero-order valence-corrected chi connectivity index (χ0v) is 37.9. The molecule has 0 bridgehead atoms. The zero-order chi connectivity index (χ0) is 40.2. The van der Waals surface area contributed by atoms with Crippen molar-refractivity contribution in [3.05, 3.63) is 73.4 Å². The predicted octanol–water partition coefficient (Wildman–Crippen LogP) is 17.7. The molecule has 5 unspecified atom stereocenters. The summed E-state index contributed by atoms with van der Waals surface area (Å²) in [6.07, 6.45) is 22.2. The van der Waals surface area contributed by atoms with Gasteiger partial charge < -0.3 is 0 Å². The Bertz CT molecular complexity index is 1020. The first-order chi connectivity index (χ1) is 23.3. The van der Waals surface area contributed by atoms with Gasteiger partial charge in [0.15, 0.2) is 0 Å². The van der Waals surface area contributed by atoms with Crippen molar-refractivity contribution in [2.75, 3.05) is 0 Å². The van der Waals surface area contributed by atoms with Crippen LogP contribution < -0.4 is 0 Å². The van der Waals surface area contributed by atoms with Crippen molar-refractivity contribution in [2.24, 2.45) is 51.8 Å². The van der Waals surface area contributed by atoms with Crippen molar-refractivity contribution in [2.45, 2.75) is 200 Å². The summed E-state index contributed by atoms with van der Waals surface area (Å²) in [5.74, 6) is 4.86. The molecule has 0 N–H and O–H groups in total. The van der Waals surface area contributed by atoms with Crippen molar-refractivity contribution >= 4 is 0 Å². The van der Waals surface area contributed by atoms with Crippen molar-refractivity contribution < 1.29 is 0 Å². The molecule has 0 amide bonds. The predicted molar refractivity (Wildman–Crippen MR) is 239 cm³/mol. The Kier molecular flexibility index (Phi) is 25.7. The fourth-order valence-electron chi connectivity index (χ4n) is 7.52. The summed E-state index contributed by atoms with van der Waals surface area (Å²) in [6.45, 7) is 57.6. The topological polar surface area (TPSA) is 0 Å². The molecule has 3 rings (SSSR count). The average molecular weight is 707 g/mol. The lowest BCUT2D eigenvalue weighted by Crippen LogP contribution is -2.18. The zero-order valence-electron chi connectivity index (χ0n) is 37.9. The van der Waals surface area contributed by atoms with Crippen molar-refractivity contribution in [1.82, 2.24) is 0 Å². The second-order valence-electron chi connectivity index (χ2n) is 20.0. The SMILES string of the molecule is C=C(C)C(=C)C(C)CC1CC1.C=C(C)CC1CC(C(C)(C)C)CC1C(=C)C.C=C(C)CCC.C=CCC1(C)CCCCC1.CCC(C)C(C)(C)C.